The lowest BCUT2D eigenvalue weighted by Gasteiger charge is -2.08. The molecule has 0 bridgehead atoms. The summed E-state index contributed by atoms with van der Waals surface area (Å²) in [4.78, 5) is 0. The van der Waals surface area contributed by atoms with E-state index in [2.05, 4.69) is 15.9 Å². The molecule has 0 aliphatic rings. The Balaban J connectivity index is 2.21. The number of benzene rings is 1. The molecule has 0 aliphatic heterocycles. The van der Waals surface area contributed by atoms with E-state index in [1.54, 1.807) is 0 Å². The van der Waals surface area contributed by atoms with Crippen molar-refractivity contribution < 1.29 is 4.74 Å². The van der Waals surface area contributed by atoms with Gasteiger partial charge in [-0.2, -0.15) is 0 Å². The fourth-order valence-electron chi connectivity index (χ4n) is 1.51. The van der Waals surface area contributed by atoms with Crippen molar-refractivity contribution in [3.05, 3.63) is 28.8 Å². The van der Waals surface area contributed by atoms with Crippen LogP contribution in [0.1, 0.15) is 31.2 Å². The minimum absolute atomic E-state index is 0.766. The average molecular weight is 306 g/mol. The van der Waals surface area contributed by atoms with Gasteiger partial charge in [0.05, 0.1) is 6.61 Å². The highest BCUT2D eigenvalue weighted by Gasteiger charge is 1.99. The molecule has 0 N–H and O–H groups in total. The molecule has 0 aliphatic carbocycles. The van der Waals surface area contributed by atoms with Gasteiger partial charge in [-0.3, -0.25) is 0 Å². The van der Waals surface area contributed by atoms with Crippen LogP contribution in [0, 0.1) is 6.92 Å². The van der Waals surface area contributed by atoms with E-state index in [4.69, 9.17) is 16.3 Å². The van der Waals surface area contributed by atoms with Crippen molar-refractivity contribution in [1.29, 1.82) is 0 Å². The molecule has 1 rings (SSSR count). The SMILES string of the molecule is Cc1cc(Cl)ccc1OCCCCCCBr. The molecule has 0 saturated heterocycles. The van der Waals surface area contributed by atoms with E-state index in [0.29, 0.717) is 0 Å². The quantitative estimate of drug-likeness (QED) is 0.510. The highest BCUT2D eigenvalue weighted by molar-refractivity contribution is 9.09. The molecule has 1 aromatic carbocycles. The summed E-state index contributed by atoms with van der Waals surface area (Å²) in [5, 5.41) is 1.87. The fraction of sp³-hybridized carbons (Fsp3) is 0.538. The Hall–Kier alpha value is -0.210. The molecule has 0 amide bonds. The summed E-state index contributed by atoms with van der Waals surface area (Å²) in [6, 6.07) is 5.74. The first-order valence-corrected chi connectivity index (χ1v) is 7.19. The van der Waals surface area contributed by atoms with Crippen LogP contribution in [-0.2, 0) is 0 Å². The molecule has 1 aromatic rings. The highest BCUT2D eigenvalue weighted by Crippen LogP contribution is 2.21. The molecule has 90 valence electrons. The van der Waals surface area contributed by atoms with E-state index >= 15 is 0 Å². The van der Waals surface area contributed by atoms with Crippen LogP contribution >= 0.6 is 27.5 Å². The first-order chi connectivity index (χ1) is 7.74. The normalized spacial score (nSPS) is 10.4. The molecule has 0 heterocycles. The van der Waals surface area contributed by atoms with Gasteiger partial charge in [-0.15, -0.1) is 0 Å². The Kier molecular flexibility index (Phi) is 6.90. The third-order valence-electron chi connectivity index (χ3n) is 2.42. The van der Waals surface area contributed by atoms with E-state index < -0.39 is 0 Å². The first kappa shape index (κ1) is 13.9. The number of aryl methyl sites for hydroxylation is 1. The predicted molar refractivity (Wildman–Crippen MR) is 73.9 cm³/mol. The van der Waals surface area contributed by atoms with Gasteiger partial charge in [0.2, 0.25) is 0 Å². The molecule has 0 unspecified atom stereocenters. The molecule has 0 saturated carbocycles. The summed E-state index contributed by atoms with van der Waals surface area (Å²) in [7, 11) is 0. The van der Waals surface area contributed by atoms with Gasteiger partial charge in [-0.1, -0.05) is 40.4 Å². The first-order valence-electron chi connectivity index (χ1n) is 5.69. The molecule has 0 radical (unpaired) electrons. The molecule has 16 heavy (non-hydrogen) atoms. The second-order valence-corrected chi connectivity index (χ2v) is 5.09. The maximum absolute atomic E-state index is 5.88. The van der Waals surface area contributed by atoms with Crippen LogP contribution in [0.2, 0.25) is 5.02 Å². The number of hydrogen-bond donors (Lipinski definition) is 0. The van der Waals surface area contributed by atoms with E-state index in [1.807, 2.05) is 25.1 Å². The molecule has 0 aromatic heterocycles. The molecule has 1 nitrogen and oxygen atoms in total. The molecule has 0 atom stereocenters. The summed E-state index contributed by atoms with van der Waals surface area (Å²) in [6.07, 6.45) is 4.88. The van der Waals surface area contributed by atoms with Gasteiger partial charge in [0, 0.05) is 10.4 Å². The highest BCUT2D eigenvalue weighted by atomic mass is 79.9. The van der Waals surface area contributed by atoms with Crippen LogP contribution in [0.25, 0.3) is 0 Å². The molecule has 0 fully saturated rings. The minimum atomic E-state index is 0.766. The van der Waals surface area contributed by atoms with Crippen molar-refractivity contribution in [3.8, 4) is 5.75 Å². The van der Waals surface area contributed by atoms with Gasteiger partial charge in [0.1, 0.15) is 5.75 Å². The Morgan fingerprint density at radius 3 is 2.62 bits per heavy atom. The Bertz CT molecular complexity index is 315. The zero-order valence-electron chi connectivity index (χ0n) is 9.64. The summed E-state index contributed by atoms with van der Waals surface area (Å²) in [5.41, 5.74) is 1.10. The van der Waals surface area contributed by atoms with Gasteiger partial charge >= 0.3 is 0 Å². The van der Waals surface area contributed by atoms with Crippen LogP contribution in [0.4, 0.5) is 0 Å². The Morgan fingerprint density at radius 1 is 1.19 bits per heavy atom. The number of hydrogen-bond acceptors (Lipinski definition) is 1. The summed E-state index contributed by atoms with van der Waals surface area (Å²) in [5.74, 6) is 0.949. The smallest absolute Gasteiger partial charge is 0.122 e. The number of unbranched alkanes of at least 4 members (excludes halogenated alkanes) is 3. The van der Waals surface area contributed by atoms with Crippen molar-refractivity contribution in [2.45, 2.75) is 32.6 Å². The average Bonchev–Trinajstić information content (AvgIpc) is 2.26. The summed E-state index contributed by atoms with van der Waals surface area (Å²) >= 11 is 9.30. The lowest BCUT2D eigenvalue weighted by molar-refractivity contribution is 0.303. The minimum Gasteiger partial charge on any atom is -0.493 e. The molecule has 0 spiro atoms. The zero-order valence-corrected chi connectivity index (χ0v) is 12.0. The number of halogens is 2. The van der Waals surface area contributed by atoms with E-state index in [0.717, 1.165) is 34.7 Å². The standard InChI is InChI=1S/C13H18BrClO/c1-11-10-12(15)6-7-13(11)16-9-5-3-2-4-8-14/h6-7,10H,2-5,8-9H2,1H3. The number of alkyl halides is 1. The van der Waals surface area contributed by atoms with Gasteiger partial charge in [0.15, 0.2) is 0 Å². The lowest BCUT2D eigenvalue weighted by atomic mass is 10.2. The van der Waals surface area contributed by atoms with Crippen molar-refractivity contribution >= 4 is 27.5 Å². The van der Waals surface area contributed by atoms with Crippen LogP contribution in [-0.4, -0.2) is 11.9 Å². The number of rotatable bonds is 7. The third-order valence-corrected chi connectivity index (χ3v) is 3.22. The molecule has 3 heteroatoms. The maximum Gasteiger partial charge on any atom is 0.122 e. The summed E-state index contributed by atoms with van der Waals surface area (Å²) in [6.45, 7) is 2.82. The van der Waals surface area contributed by atoms with Crippen molar-refractivity contribution in [2.24, 2.45) is 0 Å². The van der Waals surface area contributed by atoms with E-state index in [1.165, 1.54) is 19.3 Å². The predicted octanol–water partition coefficient (Wildman–Crippen LogP) is 4.98. The fourth-order valence-corrected chi connectivity index (χ4v) is 2.13. The van der Waals surface area contributed by atoms with Gasteiger partial charge < -0.3 is 4.74 Å². The van der Waals surface area contributed by atoms with Crippen LogP contribution < -0.4 is 4.74 Å². The molecular formula is C13H18BrClO. The van der Waals surface area contributed by atoms with Gasteiger partial charge in [0.25, 0.3) is 0 Å². The second-order valence-electron chi connectivity index (χ2n) is 3.86. The van der Waals surface area contributed by atoms with E-state index in [9.17, 15) is 0 Å². The topological polar surface area (TPSA) is 9.23 Å². The van der Waals surface area contributed by atoms with Crippen molar-refractivity contribution in [1.82, 2.24) is 0 Å². The number of ether oxygens (including phenoxy) is 1. The van der Waals surface area contributed by atoms with Crippen LogP contribution in [0.3, 0.4) is 0 Å². The Morgan fingerprint density at radius 2 is 1.94 bits per heavy atom. The zero-order chi connectivity index (χ0) is 11.8. The van der Waals surface area contributed by atoms with Gasteiger partial charge in [-0.25, -0.2) is 0 Å². The second kappa shape index (κ2) is 7.97. The summed E-state index contributed by atoms with van der Waals surface area (Å²) < 4.78 is 5.70. The van der Waals surface area contributed by atoms with Crippen LogP contribution in [0.5, 0.6) is 5.75 Å². The maximum atomic E-state index is 5.88. The third kappa shape index (κ3) is 5.22. The monoisotopic (exact) mass is 304 g/mol. The molecular weight excluding hydrogens is 287 g/mol. The Labute approximate surface area is 111 Å². The van der Waals surface area contributed by atoms with Gasteiger partial charge in [-0.05, 0) is 43.5 Å². The lowest BCUT2D eigenvalue weighted by Crippen LogP contribution is -1.98. The van der Waals surface area contributed by atoms with Crippen molar-refractivity contribution in [3.63, 3.8) is 0 Å². The van der Waals surface area contributed by atoms with E-state index in [-0.39, 0.29) is 0 Å². The van der Waals surface area contributed by atoms with Crippen molar-refractivity contribution in [2.75, 3.05) is 11.9 Å². The van der Waals surface area contributed by atoms with Crippen LogP contribution in [0.15, 0.2) is 18.2 Å². The largest absolute Gasteiger partial charge is 0.493 e.